The van der Waals surface area contributed by atoms with Gasteiger partial charge >= 0.3 is 0 Å². The van der Waals surface area contributed by atoms with Gasteiger partial charge < -0.3 is 0 Å². The zero-order valence-electron chi connectivity index (χ0n) is 14.8. The van der Waals surface area contributed by atoms with Crippen molar-refractivity contribution < 1.29 is 0 Å². The second kappa shape index (κ2) is 8.90. The Balaban J connectivity index is 2.61. The van der Waals surface area contributed by atoms with Crippen molar-refractivity contribution in [3.8, 4) is 0 Å². The highest BCUT2D eigenvalue weighted by molar-refractivity contribution is 4.87. The summed E-state index contributed by atoms with van der Waals surface area (Å²) in [5, 5.41) is 0. The summed E-state index contributed by atoms with van der Waals surface area (Å²) in [6.07, 6.45) is 17.5. The van der Waals surface area contributed by atoms with Crippen LogP contribution in [0, 0.1) is 23.2 Å². The van der Waals surface area contributed by atoms with Crippen LogP contribution in [0.25, 0.3) is 0 Å². The predicted octanol–water partition coefficient (Wildman–Crippen LogP) is 7.00. The molecular weight excluding hydrogens is 240 g/mol. The van der Waals surface area contributed by atoms with Gasteiger partial charge in [-0.05, 0) is 48.9 Å². The highest BCUT2D eigenvalue weighted by Crippen LogP contribution is 2.40. The Morgan fingerprint density at radius 3 is 2.20 bits per heavy atom. The van der Waals surface area contributed by atoms with E-state index in [-0.39, 0.29) is 0 Å². The maximum absolute atomic E-state index is 2.49. The second-order valence-electron chi connectivity index (χ2n) is 8.05. The van der Waals surface area contributed by atoms with Gasteiger partial charge in [-0.1, -0.05) is 78.9 Å². The molecule has 0 aromatic rings. The number of rotatable bonds is 2. The lowest BCUT2D eigenvalue weighted by Gasteiger charge is -2.38. The summed E-state index contributed by atoms with van der Waals surface area (Å²) in [5.41, 5.74) is 0.487. The fourth-order valence-corrected chi connectivity index (χ4v) is 3.46. The molecule has 118 valence electrons. The molecule has 0 spiro atoms. The summed E-state index contributed by atoms with van der Waals surface area (Å²) >= 11 is 0. The van der Waals surface area contributed by atoms with Crippen LogP contribution in [0.15, 0.2) is 12.2 Å². The van der Waals surface area contributed by atoms with E-state index in [9.17, 15) is 0 Å². The molecule has 0 nitrogen and oxygen atoms in total. The third-order valence-corrected chi connectivity index (χ3v) is 5.93. The molecule has 0 N–H and O–H groups in total. The van der Waals surface area contributed by atoms with Gasteiger partial charge in [0.25, 0.3) is 0 Å². The van der Waals surface area contributed by atoms with Crippen molar-refractivity contribution in [2.75, 3.05) is 0 Å². The average Bonchev–Trinajstić information content (AvgIpc) is 2.40. The van der Waals surface area contributed by atoms with Crippen molar-refractivity contribution in [1.29, 1.82) is 0 Å². The van der Waals surface area contributed by atoms with Crippen LogP contribution in [0.3, 0.4) is 0 Å². The smallest absolute Gasteiger partial charge is 0.0303 e. The summed E-state index contributed by atoms with van der Waals surface area (Å²) < 4.78 is 0. The van der Waals surface area contributed by atoms with Gasteiger partial charge in [-0.3, -0.25) is 0 Å². The third kappa shape index (κ3) is 6.02. The third-order valence-electron chi connectivity index (χ3n) is 5.93. The summed E-state index contributed by atoms with van der Waals surface area (Å²) in [4.78, 5) is 0. The normalized spacial score (nSPS) is 27.7. The number of hydrogen-bond acceptors (Lipinski definition) is 0. The van der Waals surface area contributed by atoms with Crippen LogP contribution in [0.1, 0.15) is 92.4 Å². The molecule has 0 bridgehead atoms. The zero-order chi connectivity index (χ0) is 15.0. The fourth-order valence-electron chi connectivity index (χ4n) is 3.46. The van der Waals surface area contributed by atoms with Gasteiger partial charge in [0.2, 0.25) is 0 Å². The molecule has 1 rings (SSSR count). The first-order chi connectivity index (χ1) is 9.44. The molecule has 0 saturated heterocycles. The Morgan fingerprint density at radius 2 is 1.55 bits per heavy atom. The lowest BCUT2D eigenvalue weighted by Crippen LogP contribution is -2.29. The molecule has 1 aliphatic rings. The van der Waals surface area contributed by atoms with Crippen LogP contribution in [-0.4, -0.2) is 0 Å². The van der Waals surface area contributed by atoms with Crippen LogP contribution >= 0.6 is 0 Å². The van der Waals surface area contributed by atoms with Crippen LogP contribution in [0.5, 0.6) is 0 Å². The average molecular weight is 279 g/mol. The maximum Gasteiger partial charge on any atom is -0.0303 e. The molecule has 0 radical (unpaired) electrons. The van der Waals surface area contributed by atoms with Gasteiger partial charge in [-0.25, -0.2) is 0 Å². The first-order valence-electron chi connectivity index (χ1n) is 9.09. The molecule has 0 fully saturated rings. The molecule has 2 unspecified atom stereocenters. The van der Waals surface area contributed by atoms with E-state index in [1.807, 2.05) is 0 Å². The van der Waals surface area contributed by atoms with E-state index >= 15 is 0 Å². The summed E-state index contributed by atoms with van der Waals surface area (Å²) in [5.74, 6) is 2.56. The van der Waals surface area contributed by atoms with Gasteiger partial charge in [-0.2, -0.15) is 0 Å². The van der Waals surface area contributed by atoms with Crippen molar-refractivity contribution in [2.45, 2.75) is 92.4 Å². The van der Waals surface area contributed by atoms with E-state index in [4.69, 9.17) is 0 Å². The van der Waals surface area contributed by atoms with Gasteiger partial charge in [0.15, 0.2) is 0 Å². The fraction of sp³-hybridized carbons (Fsp3) is 0.900. The zero-order valence-corrected chi connectivity index (χ0v) is 14.8. The monoisotopic (exact) mass is 278 g/mol. The molecule has 0 heteroatoms. The van der Waals surface area contributed by atoms with Crippen molar-refractivity contribution in [2.24, 2.45) is 23.2 Å². The topological polar surface area (TPSA) is 0 Å². The van der Waals surface area contributed by atoms with Gasteiger partial charge in [-0.15, -0.1) is 0 Å². The van der Waals surface area contributed by atoms with Crippen molar-refractivity contribution >= 4 is 0 Å². The van der Waals surface area contributed by atoms with E-state index in [0.717, 1.165) is 17.8 Å². The predicted molar refractivity (Wildman–Crippen MR) is 92.0 cm³/mol. The quantitative estimate of drug-likeness (QED) is 0.477. The molecule has 0 heterocycles. The molecule has 1 aliphatic carbocycles. The Labute approximate surface area is 128 Å². The summed E-state index contributed by atoms with van der Waals surface area (Å²) in [6.45, 7) is 12.2. The summed E-state index contributed by atoms with van der Waals surface area (Å²) in [7, 11) is 0. The van der Waals surface area contributed by atoms with E-state index in [0.29, 0.717) is 5.41 Å². The maximum atomic E-state index is 2.49. The van der Waals surface area contributed by atoms with E-state index in [2.05, 4.69) is 46.8 Å². The minimum atomic E-state index is 0.487. The largest absolute Gasteiger partial charge is 0.0885 e. The molecule has 0 aliphatic heterocycles. The molecule has 2 atom stereocenters. The Kier molecular flexibility index (Phi) is 7.92. The van der Waals surface area contributed by atoms with Crippen molar-refractivity contribution in [1.82, 2.24) is 0 Å². The van der Waals surface area contributed by atoms with Crippen LogP contribution in [0.4, 0.5) is 0 Å². The van der Waals surface area contributed by atoms with Crippen LogP contribution in [0.2, 0.25) is 0 Å². The van der Waals surface area contributed by atoms with Gasteiger partial charge in [0, 0.05) is 0 Å². The highest BCUT2D eigenvalue weighted by atomic mass is 14.4. The van der Waals surface area contributed by atoms with E-state index in [1.165, 1.54) is 57.8 Å². The molecule has 0 amide bonds. The first kappa shape index (κ1) is 17.8. The molecule has 0 saturated carbocycles. The molecule has 0 aromatic heterocycles. The van der Waals surface area contributed by atoms with Crippen LogP contribution in [-0.2, 0) is 0 Å². The number of hydrogen-bond donors (Lipinski definition) is 0. The lowest BCUT2D eigenvalue weighted by molar-refractivity contribution is 0.118. The number of allylic oxidation sites excluding steroid dienone is 2. The molecule has 0 aromatic carbocycles. The highest BCUT2D eigenvalue weighted by Gasteiger charge is 2.31. The van der Waals surface area contributed by atoms with Gasteiger partial charge in [0.05, 0.1) is 0 Å². The van der Waals surface area contributed by atoms with E-state index in [1.54, 1.807) is 0 Å². The first-order valence-corrected chi connectivity index (χ1v) is 9.09. The Hall–Kier alpha value is -0.260. The standard InChI is InChI=1S/C20H38/c1-17(2)20(4,5)19-15-11-7-6-9-13-18(3)14-10-8-12-16-19/h8,10,17-19H,6-7,9,11-16H2,1-5H3. The van der Waals surface area contributed by atoms with Crippen molar-refractivity contribution in [3.05, 3.63) is 12.2 Å². The second-order valence-corrected chi connectivity index (χ2v) is 8.05. The minimum absolute atomic E-state index is 0.487. The minimum Gasteiger partial charge on any atom is -0.0885 e. The Morgan fingerprint density at radius 1 is 0.900 bits per heavy atom. The van der Waals surface area contributed by atoms with E-state index < -0.39 is 0 Å². The molecule has 20 heavy (non-hydrogen) atoms. The van der Waals surface area contributed by atoms with Crippen LogP contribution < -0.4 is 0 Å². The van der Waals surface area contributed by atoms with Gasteiger partial charge in [0.1, 0.15) is 0 Å². The SMILES string of the molecule is CC1CC=CCCC(C(C)(C)C(C)C)CCCCCC1. The Bertz CT molecular complexity index is 272. The molecular formula is C20H38. The van der Waals surface area contributed by atoms with Crippen molar-refractivity contribution in [3.63, 3.8) is 0 Å². The summed E-state index contributed by atoms with van der Waals surface area (Å²) in [6, 6.07) is 0. The lowest BCUT2D eigenvalue weighted by atomic mass is 9.67.